The van der Waals surface area contributed by atoms with E-state index in [1.54, 1.807) is 54.4 Å². The monoisotopic (exact) mass is 480 g/mol. The van der Waals surface area contributed by atoms with Crippen LogP contribution in [0.2, 0.25) is 0 Å². The lowest BCUT2D eigenvalue weighted by atomic mass is 9.97. The number of hydrogen-bond donors (Lipinski definition) is 0. The predicted molar refractivity (Wildman–Crippen MR) is 124 cm³/mol. The third-order valence-electron chi connectivity index (χ3n) is 5.38. The SMILES string of the molecule is Cc1ccc(CC(=O)c2cc(CN(C)C)cc(C(F)(F)F)c2)cc1-n1cc(-c2cncnc2)nn1. The molecule has 10 heteroatoms. The van der Waals surface area contributed by atoms with Crippen LogP contribution in [0.5, 0.6) is 0 Å². The topological polar surface area (TPSA) is 76.8 Å². The maximum absolute atomic E-state index is 13.4. The highest BCUT2D eigenvalue weighted by molar-refractivity contribution is 5.98. The smallest absolute Gasteiger partial charge is 0.305 e. The summed E-state index contributed by atoms with van der Waals surface area (Å²) in [7, 11) is 3.52. The number of halogens is 3. The van der Waals surface area contributed by atoms with E-state index in [4.69, 9.17) is 0 Å². The van der Waals surface area contributed by atoms with Crippen LogP contribution in [0.3, 0.4) is 0 Å². The molecule has 2 aromatic heterocycles. The van der Waals surface area contributed by atoms with Gasteiger partial charge in [0.15, 0.2) is 5.78 Å². The van der Waals surface area contributed by atoms with E-state index in [2.05, 4.69) is 20.3 Å². The fourth-order valence-electron chi connectivity index (χ4n) is 3.72. The van der Waals surface area contributed by atoms with Gasteiger partial charge in [-0.1, -0.05) is 17.3 Å². The van der Waals surface area contributed by atoms with Gasteiger partial charge in [0.1, 0.15) is 12.0 Å². The molecular formula is C25H23F3N6O. The van der Waals surface area contributed by atoms with Gasteiger partial charge in [0.25, 0.3) is 0 Å². The number of Topliss-reactive ketones (excluding diaryl/α,β-unsaturated/α-hetero) is 1. The Hall–Kier alpha value is -3.92. The molecule has 0 aliphatic carbocycles. The number of aryl methyl sites for hydroxylation is 1. The Balaban J connectivity index is 1.62. The van der Waals surface area contributed by atoms with E-state index in [9.17, 15) is 18.0 Å². The van der Waals surface area contributed by atoms with E-state index in [1.807, 2.05) is 13.0 Å². The number of ketones is 1. The maximum Gasteiger partial charge on any atom is 0.416 e. The van der Waals surface area contributed by atoms with Gasteiger partial charge in [0.05, 0.1) is 17.4 Å². The first-order valence-electron chi connectivity index (χ1n) is 10.8. The molecule has 0 N–H and O–H groups in total. The van der Waals surface area contributed by atoms with Crippen molar-refractivity contribution in [3.8, 4) is 16.9 Å². The van der Waals surface area contributed by atoms with Crippen molar-refractivity contribution in [2.45, 2.75) is 26.1 Å². The summed E-state index contributed by atoms with van der Waals surface area (Å²) >= 11 is 0. The van der Waals surface area contributed by atoms with Gasteiger partial charge in [-0.3, -0.25) is 4.79 Å². The summed E-state index contributed by atoms with van der Waals surface area (Å²) in [5, 5.41) is 8.34. The number of carbonyl (C=O) groups excluding carboxylic acids is 1. The van der Waals surface area contributed by atoms with Crippen LogP contribution in [-0.2, 0) is 19.1 Å². The summed E-state index contributed by atoms with van der Waals surface area (Å²) in [5.74, 6) is -0.397. The molecular weight excluding hydrogens is 457 g/mol. The third-order valence-corrected chi connectivity index (χ3v) is 5.38. The molecule has 2 heterocycles. The molecule has 7 nitrogen and oxygen atoms in total. The highest BCUT2D eigenvalue weighted by atomic mass is 19.4. The number of benzene rings is 2. The van der Waals surface area contributed by atoms with Gasteiger partial charge < -0.3 is 4.90 Å². The Kier molecular flexibility index (Phi) is 6.74. The lowest BCUT2D eigenvalue weighted by molar-refractivity contribution is -0.137. The molecule has 180 valence electrons. The van der Waals surface area contributed by atoms with Crippen LogP contribution in [0, 0.1) is 6.92 Å². The lowest BCUT2D eigenvalue weighted by Gasteiger charge is -2.15. The molecule has 0 fully saturated rings. The standard InChI is InChI=1S/C25H23F3N6O/c1-16-4-5-17(8-23(16)34-14-22(31-32-34)20-11-29-15-30-12-20)9-24(35)19-6-18(13-33(2)3)7-21(10-19)25(26,27)28/h4-8,10-12,14-15H,9,13H2,1-3H3. The molecule has 0 saturated carbocycles. The molecule has 0 aliphatic rings. The minimum Gasteiger partial charge on any atom is -0.305 e. The number of aromatic nitrogens is 5. The predicted octanol–water partition coefficient (Wildman–Crippen LogP) is 4.54. The fraction of sp³-hybridized carbons (Fsp3) is 0.240. The molecule has 0 amide bonds. The molecule has 35 heavy (non-hydrogen) atoms. The van der Waals surface area contributed by atoms with Crippen molar-refractivity contribution in [2.75, 3.05) is 14.1 Å². The fourth-order valence-corrected chi connectivity index (χ4v) is 3.72. The van der Waals surface area contributed by atoms with Crippen LogP contribution in [0.15, 0.2) is 61.3 Å². The molecule has 0 aliphatic heterocycles. The van der Waals surface area contributed by atoms with Crippen molar-refractivity contribution >= 4 is 5.78 Å². The Labute approximate surface area is 200 Å². The minimum absolute atomic E-state index is 0.0333. The summed E-state index contributed by atoms with van der Waals surface area (Å²) in [6, 6.07) is 8.95. The Morgan fingerprint density at radius 1 is 1.03 bits per heavy atom. The zero-order chi connectivity index (χ0) is 25.2. The van der Waals surface area contributed by atoms with Crippen LogP contribution in [0.4, 0.5) is 13.2 Å². The Morgan fingerprint density at radius 2 is 1.77 bits per heavy atom. The quantitative estimate of drug-likeness (QED) is 0.362. The van der Waals surface area contributed by atoms with Gasteiger partial charge in [-0.2, -0.15) is 13.2 Å². The summed E-state index contributed by atoms with van der Waals surface area (Å²) in [4.78, 5) is 22.7. The molecule has 2 aromatic carbocycles. The molecule has 0 unspecified atom stereocenters. The van der Waals surface area contributed by atoms with Crippen LogP contribution in [-0.4, -0.2) is 49.7 Å². The second-order valence-corrected chi connectivity index (χ2v) is 8.55. The van der Waals surface area contributed by atoms with Crippen molar-refractivity contribution in [2.24, 2.45) is 0 Å². The highest BCUT2D eigenvalue weighted by Gasteiger charge is 2.31. The molecule has 0 spiro atoms. The van der Waals surface area contributed by atoms with Crippen LogP contribution in [0.1, 0.15) is 32.6 Å². The molecule has 0 radical (unpaired) electrons. The second-order valence-electron chi connectivity index (χ2n) is 8.55. The Morgan fingerprint density at radius 3 is 2.46 bits per heavy atom. The van der Waals surface area contributed by atoms with Gasteiger partial charge in [0, 0.05) is 36.5 Å². The molecule has 0 atom stereocenters. The van der Waals surface area contributed by atoms with Gasteiger partial charge in [-0.05, 0) is 62.0 Å². The van der Waals surface area contributed by atoms with E-state index in [0.29, 0.717) is 34.6 Å². The van der Waals surface area contributed by atoms with Crippen molar-refractivity contribution in [1.82, 2.24) is 29.9 Å². The average Bonchev–Trinajstić information content (AvgIpc) is 3.30. The summed E-state index contributed by atoms with van der Waals surface area (Å²) < 4.78 is 41.9. The van der Waals surface area contributed by atoms with Gasteiger partial charge in [0.2, 0.25) is 0 Å². The Bertz CT molecular complexity index is 1350. The highest BCUT2D eigenvalue weighted by Crippen LogP contribution is 2.31. The normalized spacial score (nSPS) is 11.7. The maximum atomic E-state index is 13.4. The molecule has 4 rings (SSSR count). The number of rotatable bonds is 7. The summed E-state index contributed by atoms with van der Waals surface area (Å²) in [6.07, 6.45) is 1.82. The third kappa shape index (κ3) is 5.78. The first-order valence-corrected chi connectivity index (χ1v) is 10.8. The van der Waals surface area contributed by atoms with Gasteiger partial charge in [-0.15, -0.1) is 5.10 Å². The van der Waals surface area contributed by atoms with E-state index in [-0.39, 0.29) is 12.0 Å². The molecule has 4 aromatic rings. The van der Waals surface area contributed by atoms with Crippen molar-refractivity contribution < 1.29 is 18.0 Å². The molecule has 0 saturated heterocycles. The number of alkyl halides is 3. The van der Waals surface area contributed by atoms with Crippen molar-refractivity contribution in [1.29, 1.82) is 0 Å². The lowest BCUT2D eigenvalue weighted by Crippen LogP contribution is -2.15. The van der Waals surface area contributed by atoms with Crippen LogP contribution >= 0.6 is 0 Å². The zero-order valence-corrected chi connectivity index (χ0v) is 19.4. The van der Waals surface area contributed by atoms with E-state index in [0.717, 1.165) is 17.7 Å². The largest absolute Gasteiger partial charge is 0.416 e. The first kappa shape index (κ1) is 24.2. The van der Waals surface area contributed by atoms with Gasteiger partial charge in [-0.25, -0.2) is 14.6 Å². The summed E-state index contributed by atoms with van der Waals surface area (Å²) in [5.41, 5.74) is 3.19. The number of nitrogens with zero attached hydrogens (tertiary/aromatic N) is 6. The molecule has 0 bridgehead atoms. The summed E-state index contributed by atoms with van der Waals surface area (Å²) in [6.45, 7) is 2.19. The van der Waals surface area contributed by atoms with E-state index >= 15 is 0 Å². The van der Waals surface area contributed by atoms with Crippen LogP contribution in [0.25, 0.3) is 16.9 Å². The second kappa shape index (κ2) is 9.75. The minimum atomic E-state index is -4.54. The number of hydrogen-bond acceptors (Lipinski definition) is 6. The zero-order valence-electron chi connectivity index (χ0n) is 19.4. The van der Waals surface area contributed by atoms with Crippen LogP contribution < -0.4 is 0 Å². The van der Waals surface area contributed by atoms with Crippen molar-refractivity contribution in [3.05, 3.63) is 89.1 Å². The average molecular weight is 480 g/mol. The van der Waals surface area contributed by atoms with E-state index < -0.39 is 17.5 Å². The van der Waals surface area contributed by atoms with Gasteiger partial charge >= 0.3 is 6.18 Å². The van der Waals surface area contributed by atoms with Crippen molar-refractivity contribution in [3.63, 3.8) is 0 Å². The first-order chi connectivity index (χ1) is 16.6. The number of carbonyl (C=O) groups is 1. The van der Waals surface area contributed by atoms with E-state index in [1.165, 1.54) is 12.4 Å².